The summed E-state index contributed by atoms with van der Waals surface area (Å²) in [4.78, 5) is 0. The van der Waals surface area contributed by atoms with Crippen LogP contribution in [0.25, 0.3) is 0 Å². The van der Waals surface area contributed by atoms with Gasteiger partial charge < -0.3 is 4.74 Å². The van der Waals surface area contributed by atoms with Gasteiger partial charge in [-0.2, -0.15) is 37.0 Å². The molecular weight excluding hydrogens is 352 g/mol. The maximum absolute atomic E-state index is 5.93. The van der Waals surface area contributed by atoms with Crippen molar-refractivity contribution in [3.8, 4) is 5.75 Å². The van der Waals surface area contributed by atoms with Gasteiger partial charge in [0.25, 0.3) is 0 Å². The smallest absolute Gasteiger partial charge is 0.119 e. The van der Waals surface area contributed by atoms with Gasteiger partial charge >= 0.3 is 0 Å². The fourth-order valence-corrected chi connectivity index (χ4v) is 4.00. The second kappa shape index (κ2) is 9.69. The lowest BCUT2D eigenvalue weighted by Gasteiger charge is -2.26. The van der Waals surface area contributed by atoms with Crippen LogP contribution in [0.4, 0.5) is 0 Å². The zero-order chi connectivity index (χ0) is 17.4. The molecule has 0 aliphatic rings. The van der Waals surface area contributed by atoms with Gasteiger partial charge in [-0.15, -0.1) is 0 Å². The summed E-state index contributed by atoms with van der Waals surface area (Å²) in [6.07, 6.45) is 0. The Kier molecular flexibility index (Phi) is 7.92. The van der Waals surface area contributed by atoms with Crippen LogP contribution in [-0.4, -0.2) is 29.1 Å². The highest BCUT2D eigenvalue weighted by Crippen LogP contribution is 2.32. The normalized spacial score (nSPS) is 12.8. The quantitative estimate of drug-likeness (QED) is 0.569. The van der Waals surface area contributed by atoms with Gasteiger partial charge in [-0.1, -0.05) is 56.3 Å². The minimum Gasteiger partial charge on any atom is -0.492 e. The van der Waals surface area contributed by atoms with E-state index in [1.807, 2.05) is 11.8 Å². The first-order valence-corrected chi connectivity index (χ1v) is 10.5. The van der Waals surface area contributed by atoms with E-state index in [9.17, 15) is 0 Å². The van der Waals surface area contributed by atoms with Gasteiger partial charge in [-0.05, 0) is 29.0 Å². The largest absolute Gasteiger partial charge is 0.492 e. The fraction of sp³-hybridized carbons (Fsp3) is 0.400. The molecule has 0 aliphatic heterocycles. The second-order valence-electron chi connectivity index (χ2n) is 6.23. The van der Waals surface area contributed by atoms with Crippen molar-refractivity contribution in [3.63, 3.8) is 0 Å². The highest BCUT2D eigenvalue weighted by atomic mass is 32.2. The standard InChI is InChI=1S/C20H26OS3/c1-20(2,16-6-4-3-5-7-16)17-8-10-18(11-9-17)21-14-19(15-23)24-13-12-22/h3-11,19,22-23H,12-15H2,1-2H3. The molecule has 2 rings (SSSR count). The van der Waals surface area contributed by atoms with Crippen molar-refractivity contribution in [1.29, 1.82) is 0 Å². The molecule has 2 aromatic carbocycles. The first-order chi connectivity index (χ1) is 11.6. The number of rotatable bonds is 9. The van der Waals surface area contributed by atoms with Gasteiger partial charge in [0.05, 0.1) is 0 Å². The van der Waals surface area contributed by atoms with E-state index in [2.05, 4.69) is 93.7 Å². The van der Waals surface area contributed by atoms with E-state index in [0.29, 0.717) is 11.9 Å². The molecule has 0 radical (unpaired) electrons. The third kappa shape index (κ3) is 5.40. The van der Waals surface area contributed by atoms with Crippen molar-refractivity contribution < 1.29 is 4.74 Å². The van der Waals surface area contributed by atoms with Crippen LogP contribution in [-0.2, 0) is 5.41 Å². The first kappa shape index (κ1) is 19.6. The summed E-state index contributed by atoms with van der Waals surface area (Å²) in [5.74, 6) is 3.65. The Balaban J connectivity index is 2.00. The molecule has 0 bridgehead atoms. The average Bonchev–Trinajstić information content (AvgIpc) is 2.63. The van der Waals surface area contributed by atoms with Gasteiger partial charge in [0.1, 0.15) is 12.4 Å². The molecular formula is C20H26OS3. The minimum absolute atomic E-state index is 0.0180. The Bertz CT molecular complexity index is 596. The van der Waals surface area contributed by atoms with Crippen molar-refractivity contribution in [2.24, 2.45) is 0 Å². The van der Waals surface area contributed by atoms with Crippen LogP contribution in [0.3, 0.4) is 0 Å². The van der Waals surface area contributed by atoms with E-state index in [1.54, 1.807) is 0 Å². The number of thiol groups is 2. The number of hydrogen-bond donors (Lipinski definition) is 2. The lowest BCUT2D eigenvalue weighted by Crippen LogP contribution is -2.19. The molecule has 0 heterocycles. The molecule has 1 unspecified atom stereocenters. The van der Waals surface area contributed by atoms with E-state index in [1.165, 1.54) is 11.1 Å². The molecule has 4 heteroatoms. The van der Waals surface area contributed by atoms with Crippen molar-refractivity contribution in [3.05, 3.63) is 65.7 Å². The highest BCUT2D eigenvalue weighted by molar-refractivity contribution is 8.01. The third-order valence-electron chi connectivity index (χ3n) is 4.16. The Labute approximate surface area is 161 Å². The molecule has 0 spiro atoms. The van der Waals surface area contributed by atoms with Crippen molar-refractivity contribution in [2.75, 3.05) is 23.9 Å². The summed E-state index contributed by atoms with van der Waals surface area (Å²) >= 11 is 10.5. The van der Waals surface area contributed by atoms with E-state index < -0.39 is 0 Å². The van der Waals surface area contributed by atoms with E-state index in [4.69, 9.17) is 4.74 Å². The van der Waals surface area contributed by atoms with Crippen LogP contribution in [0.5, 0.6) is 5.75 Å². The van der Waals surface area contributed by atoms with Crippen LogP contribution >= 0.6 is 37.0 Å². The van der Waals surface area contributed by atoms with Crippen molar-refractivity contribution >= 4 is 37.0 Å². The van der Waals surface area contributed by atoms with Crippen molar-refractivity contribution in [2.45, 2.75) is 24.5 Å². The highest BCUT2D eigenvalue weighted by Gasteiger charge is 2.22. The van der Waals surface area contributed by atoms with Gasteiger partial charge in [0.2, 0.25) is 0 Å². The van der Waals surface area contributed by atoms with Crippen LogP contribution in [0, 0.1) is 0 Å². The molecule has 24 heavy (non-hydrogen) atoms. The number of hydrogen-bond acceptors (Lipinski definition) is 4. The lowest BCUT2D eigenvalue weighted by atomic mass is 9.78. The topological polar surface area (TPSA) is 9.23 Å². The maximum atomic E-state index is 5.93. The summed E-state index contributed by atoms with van der Waals surface area (Å²) in [6.45, 7) is 5.19. The molecule has 1 nitrogen and oxygen atoms in total. The Hall–Kier alpha value is -0.710. The van der Waals surface area contributed by atoms with Crippen LogP contribution in [0.2, 0.25) is 0 Å². The molecule has 0 aromatic heterocycles. The Morgan fingerprint density at radius 1 is 0.958 bits per heavy atom. The predicted molar refractivity (Wildman–Crippen MR) is 114 cm³/mol. The minimum atomic E-state index is -0.0180. The van der Waals surface area contributed by atoms with Crippen molar-refractivity contribution in [1.82, 2.24) is 0 Å². The number of benzene rings is 2. The molecule has 0 saturated carbocycles. The van der Waals surface area contributed by atoms with E-state index in [0.717, 1.165) is 23.0 Å². The fourth-order valence-electron chi connectivity index (χ4n) is 2.55. The lowest BCUT2D eigenvalue weighted by molar-refractivity contribution is 0.323. The SMILES string of the molecule is CC(C)(c1ccccc1)c1ccc(OCC(CS)SCCS)cc1. The van der Waals surface area contributed by atoms with Gasteiger partial charge in [0.15, 0.2) is 0 Å². The predicted octanol–water partition coefficient (Wildman–Crippen LogP) is 5.35. The summed E-state index contributed by atoms with van der Waals surface area (Å²) in [5, 5.41) is 0.404. The zero-order valence-corrected chi connectivity index (χ0v) is 16.9. The summed E-state index contributed by atoms with van der Waals surface area (Å²) in [7, 11) is 0. The average molecular weight is 379 g/mol. The Morgan fingerprint density at radius 3 is 2.17 bits per heavy atom. The molecule has 2 aromatic rings. The number of thioether (sulfide) groups is 1. The molecule has 0 saturated heterocycles. The molecule has 0 fully saturated rings. The second-order valence-corrected chi connectivity index (χ2v) is 8.45. The first-order valence-electron chi connectivity index (χ1n) is 8.20. The molecule has 1 atom stereocenters. The van der Waals surface area contributed by atoms with Gasteiger partial charge in [-0.25, -0.2) is 0 Å². The molecule has 130 valence electrons. The van der Waals surface area contributed by atoms with E-state index >= 15 is 0 Å². The van der Waals surface area contributed by atoms with Gasteiger partial charge in [0, 0.05) is 22.2 Å². The summed E-state index contributed by atoms with van der Waals surface area (Å²) < 4.78 is 5.93. The zero-order valence-electron chi connectivity index (χ0n) is 14.3. The molecule has 0 aliphatic carbocycles. The molecule has 0 N–H and O–H groups in total. The summed E-state index contributed by atoms with van der Waals surface area (Å²) in [5.41, 5.74) is 2.59. The van der Waals surface area contributed by atoms with Crippen LogP contribution < -0.4 is 4.74 Å². The third-order valence-corrected chi connectivity index (χ3v) is 6.58. The van der Waals surface area contributed by atoms with E-state index in [-0.39, 0.29) is 5.41 Å². The number of ether oxygens (including phenoxy) is 1. The van der Waals surface area contributed by atoms with Crippen LogP contribution in [0.1, 0.15) is 25.0 Å². The molecule has 0 amide bonds. The van der Waals surface area contributed by atoms with Crippen LogP contribution in [0.15, 0.2) is 54.6 Å². The Morgan fingerprint density at radius 2 is 1.58 bits per heavy atom. The monoisotopic (exact) mass is 378 g/mol. The van der Waals surface area contributed by atoms with Gasteiger partial charge in [-0.3, -0.25) is 0 Å². The maximum Gasteiger partial charge on any atom is 0.119 e. The summed E-state index contributed by atoms with van der Waals surface area (Å²) in [6, 6.07) is 19.1.